The van der Waals surface area contributed by atoms with Crippen LogP contribution in [0.25, 0.3) is 0 Å². The van der Waals surface area contributed by atoms with E-state index in [0.717, 1.165) is 11.9 Å². The van der Waals surface area contributed by atoms with Gasteiger partial charge in [-0.25, -0.2) is 0 Å². The average Bonchev–Trinajstić information content (AvgIpc) is 2.76. The molecule has 0 saturated heterocycles. The van der Waals surface area contributed by atoms with Gasteiger partial charge < -0.3 is 4.57 Å². The van der Waals surface area contributed by atoms with E-state index in [9.17, 15) is 13.2 Å². The first-order valence-corrected chi connectivity index (χ1v) is 7.83. The van der Waals surface area contributed by atoms with Gasteiger partial charge in [0.1, 0.15) is 5.82 Å². The molecular weight excluding hydrogens is 337 g/mol. The molecule has 0 unspecified atom stereocenters. The zero-order chi connectivity index (χ0) is 14.4. The summed E-state index contributed by atoms with van der Waals surface area (Å²) in [5.41, 5.74) is 0.301. The van der Waals surface area contributed by atoms with E-state index in [1.54, 1.807) is 0 Å². The minimum atomic E-state index is -4.42. The van der Waals surface area contributed by atoms with Crippen LogP contribution in [-0.4, -0.2) is 38.1 Å². The molecule has 0 atom stereocenters. The van der Waals surface area contributed by atoms with E-state index >= 15 is 0 Å². The highest BCUT2D eigenvalue weighted by Crippen LogP contribution is 2.43. The maximum absolute atomic E-state index is 12.8. The molecule has 1 aliphatic heterocycles. The lowest BCUT2D eigenvalue weighted by atomic mass is 9.70. The number of fused-ring (bicyclic) bond motifs is 1. The van der Waals surface area contributed by atoms with Gasteiger partial charge >= 0.3 is 6.18 Å². The van der Waals surface area contributed by atoms with Gasteiger partial charge in [0, 0.05) is 25.0 Å². The molecule has 1 fully saturated rings. The Morgan fingerprint density at radius 3 is 2.50 bits per heavy atom. The first kappa shape index (κ1) is 14.3. The molecule has 0 N–H and O–H groups in total. The van der Waals surface area contributed by atoms with Crippen LogP contribution in [0.2, 0.25) is 0 Å². The summed E-state index contributed by atoms with van der Waals surface area (Å²) in [5, 5.41) is 7.97. The summed E-state index contributed by atoms with van der Waals surface area (Å²) in [6.07, 6.45) is -0.795. The van der Waals surface area contributed by atoms with Crippen LogP contribution in [0.15, 0.2) is 0 Å². The van der Waals surface area contributed by atoms with E-state index in [-0.39, 0.29) is 0 Å². The lowest BCUT2D eigenvalue weighted by Gasteiger charge is -2.44. The lowest BCUT2D eigenvalue weighted by molar-refractivity contribution is -0.148. The standard InChI is InChI=1S/C12H16BrF3N4/c13-7-11(2-1-3-11)8-19-4-5-20-9(6-19)17-18-10(20)12(14,15)16/h1-8H2. The number of nitrogens with zero attached hydrogens (tertiary/aromatic N) is 4. The average molecular weight is 353 g/mol. The van der Waals surface area contributed by atoms with Gasteiger partial charge in [0.2, 0.25) is 5.82 Å². The van der Waals surface area contributed by atoms with Crippen LogP contribution < -0.4 is 0 Å². The van der Waals surface area contributed by atoms with Crippen molar-refractivity contribution < 1.29 is 13.2 Å². The Hall–Kier alpha value is -0.630. The van der Waals surface area contributed by atoms with Crippen molar-refractivity contribution in [3.8, 4) is 0 Å². The summed E-state index contributed by atoms with van der Waals surface area (Å²) < 4.78 is 39.5. The molecule has 3 rings (SSSR count). The van der Waals surface area contributed by atoms with E-state index in [1.807, 2.05) is 0 Å². The molecule has 0 radical (unpaired) electrons. The summed E-state index contributed by atoms with van der Waals surface area (Å²) in [4.78, 5) is 2.20. The number of aromatic nitrogens is 3. The third kappa shape index (κ3) is 2.47. The second-order valence-electron chi connectivity index (χ2n) is 5.79. The molecule has 1 aliphatic carbocycles. The van der Waals surface area contributed by atoms with Crippen molar-refractivity contribution in [1.29, 1.82) is 0 Å². The number of alkyl halides is 4. The molecule has 2 heterocycles. The van der Waals surface area contributed by atoms with Crippen molar-refractivity contribution in [3.05, 3.63) is 11.6 Å². The van der Waals surface area contributed by atoms with Crippen LogP contribution in [0.3, 0.4) is 0 Å². The molecule has 0 bridgehead atoms. The summed E-state index contributed by atoms with van der Waals surface area (Å²) >= 11 is 3.56. The van der Waals surface area contributed by atoms with Gasteiger partial charge in [-0.1, -0.05) is 22.4 Å². The van der Waals surface area contributed by atoms with Gasteiger partial charge in [0.25, 0.3) is 0 Å². The Bertz CT molecular complexity index is 490. The summed E-state index contributed by atoms with van der Waals surface area (Å²) in [5.74, 6) is -0.446. The first-order valence-electron chi connectivity index (χ1n) is 6.71. The van der Waals surface area contributed by atoms with Crippen molar-refractivity contribution in [2.24, 2.45) is 5.41 Å². The summed E-state index contributed by atoms with van der Waals surface area (Å²) in [7, 11) is 0. The number of halogens is 4. The minimum absolute atomic E-state index is 0.301. The van der Waals surface area contributed by atoms with Crippen LogP contribution in [0, 0.1) is 5.41 Å². The van der Waals surface area contributed by atoms with E-state index < -0.39 is 12.0 Å². The maximum Gasteiger partial charge on any atom is 0.451 e. The summed E-state index contributed by atoms with van der Waals surface area (Å²) in [6, 6.07) is 0. The van der Waals surface area contributed by atoms with Crippen LogP contribution in [0.4, 0.5) is 13.2 Å². The molecule has 2 aliphatic rings. The van der Waals surface area contributed by atoms with E-state index in [2.05, 4.69) is 31.0 Å². The number of rotatable bonds is 3. The van der Waals surface area contributed by atoms with Crippen LogP contribution in [0.5, 0.6) is 0 Å². The molecule has 112 valence electrons. The fourth-order valence-corrected chi connectivity index (χ4v) is 3.78. The Morgan fingerprint density at radius 1 is 1.20 bits per heavy atom. The second-order valence-corrected chi connectivity index (χ2v) is 6.35. The predicted octanol–water partition coefficient (Wildman–Crippen LogP) is 2.68. The normalized spacial score (nSPS) is 22.4. The van der Waals surface area contributed by atoms with Gasteiger partial charge in [0.15, 0.2) is 0 Å². The fraction of sp³-hybridized carbons (Fsp3) is 0.833. The van der Waals surface area contributed by atoms with Crippen molar-refractivity contribution in [1.82, 2.24) is 19.7 Å². The van der Waals surface area contributed by atoms with Gasteiger partial charge in [-0.3, -0.25) is 4.90 Å². The monoisotopic (exact) mass is 352 g/mol. The SMILES string of the molecule is FC(F)(F)c1nnc2n1CCN(CC1(CBr)CCC1)C2. The molecule has 1 aromatic heterocycles. The van der Waals surface area contributed by atoms with Crippen molar-refractivity contribution in [3.63, 3.8) is 0 Å². The fourth-order valence-electron chi connectivity index (χ4n) is 3.04. The van der Waals surface area contributed by atoms with Crippen molar-refractivity contribution >= 4 is 15.9 Å². The largest absolute Gasteiger partial charge is 0.451 e. The Balaban J connectivity index is 1.72. The zero-order valence-corrected chi connectivity index (χ0v) is 12.5. The lowest BCUT2D eigenvalue weighted by Crippen LogP contribution is -2.46. The predicted molar refractivity (Wildman–Crippen MR) is 70.4 cm³/mol. The Morgan fingerprint density at radius 2 is 1.95 bits per heavy atom. The number of hydrogen-bond donors (Lipinski definition) is 0. The smallest absolute Gasteiger partial charge is 0.305 e. The van der Waals surface area contributed by atoms with Crippen LogP contribution >= 0.6 is 15.9 Å². The molecule has 4 nitrogen and oxygen atoms in total. The zero-order valence-electron chi connectivity index (χ0n) is 11.0. The Labute approximate surface area is 123 Å². The van der Waals surface area contributed by atoms with Gasteiger partial charge in [0.05, 0.1) is 6.54 Å². The quantitative estimate of drug-likeness (QED) is 0.784. The second kappa shape index (κ2) is 4.98. The minimum Gasteiger partial charge on any atom is -0.305 e. The van der Waals surface area contributed by atoms with Crippen molar-refractivity contribution in [2.75, 3.05) is 18.4 Å². The third-order valence-electron chi connectivity index (χ3n) is 4.34. The molecule has 1 saturated carbocycles. The summed E-state index contributed by atoms with van der Waals surface area (Å²) in [6.45, 7) is 2.32. The molecular formula is C12H16BrF3N4. The molecule has 0 aromatic carbocycles. The highest BCUT2D eigenvalue weighted by molar-refractivity contribution is 9.09. The molecule has 20 heavy (non-hydrogen) atoms. The van der Waals surface area contributed by atoms with Gasteiger partial charge in [-0.2, -0.15) is 13.2 Å². The topological polar surface area (TPSA) is 34.0 Å². The van der Waals surface area contributed by atoms with E-state index in [4.69, 9.17) is 0 Å². The molecule has 1 aromatic rings. The Kier molecular flexibility index (Phi) is 3.56. The maximum atomic E-state index is 12.8. The number of hydrogen-bond acceptors (Lipinski definition) is 3. The third-order valence-corrected chi connectivity index (χ3v) is 5.53. The van der Waals surface area contributed by atoms with E-state index in [1.165, 1.54) is 23.8 Å². The molecule has 8 heteroatoms. The highest BCUT2D eigenvalue weighted by Gasteiger charge is 2.41. The van der Waals surface area contributed by atoms with E-state index in [0.29, 0.717) is 30.9 Å². The molecule has 0 spiro atoms. The van der Waals surface area contributed by atoms with Gasteiger partial charge in [-0.05, 0) is 18.3 Å². The van der Waals surface area contributed by atoms with Crippen LogP contribution in [-0.2, 0) is 19.3 Å². The van der Waals surface area contributed by atoms with Crippen LogP contribution in [0.1, 0.15) is 30.9 Å². The van der Waals surface area contributed by atoms with Crippen molar-refractivity contribution in [2.45, 2.75) is 38.5 Å². The highest BCUT2D eigenvalue weighted by atomic mass is 79.9. The van der Waals surface area contributed by atoms with Gasteiger partial charge in [-0.15, -0.1) is 10.2 Å². The first-order chi connectivity index (χ1) is 9.43. The molecule has 0 amide bonds.